The lowest BCUT2D eigenvalue weighted by atomic mass is 10.3. The van der Waals surface area contributed by atoms with Crippen molar-refractivity contribution in [1.29, 1.82) is 0 Å². The first-order valence-electron chi connectivity index (χ1n) is 5.75. The zero-order chi connectivity index (χ0) is 14.3. The smallest absolute Gasteiger partial charge is 0.243 e. The quantitative estimate of drug-likeness (QED) is 0.720. The Balaban J connectivity index is 0.00000361. The average molecular weight is 306 g/mol. The van der Waals surface area contributed by atoms with E-state index in [1.807, 2.05) is 0 Å². The van der Waals surface area contributed by atoms with Crippen molar-refractivity contribution in [1.82, 2.24) is 5.32 Å². The Bertz CT molecular complexity index is 471. The second-order valence-corrected chi connectivity index (χ2v) is 3.61. The monoisotopic (exact) mass is 305 g/mol. The molecule has 8 heteroatoms. The molecule has 0 saturated heterocycles. The van der Waals surface area contributed by atoms with Gasteiger partial charge in [0.2, 0.25) is 11.8 Å². The molecule has 4 N–H and O–H groups in total. The second kappa shape index (κ2) is 9.11. The molecule has 0 aliphatic heterocycles. The van der Waals surface area contributed by atoms with Crippen molar-refractivity contribution in [2.75, 3.05) is 25.0 Å². The van der Waals surface area contributed by atoms with Crippen LogP contribution in [0.25, 0.3) is 0 Å². The van der Waals surface area contributed by atoms with E-state index in [2.05, 4.69) is 10.6 Å². The minimum absolute atomic E-state index is 0. The van der Waals surface area contributed by atoms with Gasteiger partial charge in [0.1, 0.15) is 0 Å². The summed E-state index contributed by atoms with van der Waals surface area (Å²) in [6.45, 7) is 1.69. The number of hydrogen-bond acceptors (Lipinski definition) is 4. The number of rotatable bonds is 6. The van der Waals surface area contributed by atoms with E-state index in [1.165, 1.54) is 12.1 Å². The molecule has 0 aliphatic rings. The third-order valence-corrected chi connectivity index (χ3v) is 2.15. The summed E-state index contributed by atoms with van der Waals surface area (Å²) in [5.74, 6) is -1.35. The van der Waals surface area contributed by atoms with E-state index in [0.717, 1.165) is 6.07 Å². The molecular weight excluding hydrogens is 289 g/mol. The fourth-order valence-corrected chi connectivity index (χ4v) is 1.31. The molecule has 1 aromatic rings. The van der Waals surface area contributed by atoms with Crippen molar-refractivity contribution in [3.63, 3.8) is 0 Å². The Morgan fingerprint density at radius 3 is 2.60 bits per heavy atom. The summed E-state index contributed by atoms with van der Waals surface area (Å²) < 4.78 is 18.5. The van der Waals surface area contributed by atoms with E-state index in [9.17, 15) is 14.0 Å². The number of hydrogen-bond donors (Lipinski definition) is 3. The van der Waals surface area contributed by atoms with E-state index in [1.54, 1.807) is 6.92 Å². The molecule has 20 heavy (non-hydrogen) atoms. The van der Waals surface area contributed by atoms with Gasteiger partial charge in [0, 0.05) is 11.8 Å². The minimum atomic E-state index is -0.564. The van der Waals surface area contributed by atoms with E-state index >= 15 is 0 Å². The lowest BCUT2D eigenvalue weighted by Gasteiger charge is -2.08. The highest BCUT2D eigenvalue weighted by Crippen LogP contribution is 2.20. The first-order valence-corrected chi connectivity index (χ1v) is 5.75. The van der Waals surface area contributed by atoms with E-state index < -0.39 is 17.6 Å². The standard InChI is InChI=1S/C12H16FN3O3.ClH/c1-2-19-10-4-3-8(5-9(10)13)16-12(18)7-15-11(17)6-14;/h3-5H,2,6-7,14H2,1H3,(H,15,17)(H,16,18);1H. The molecule has 0 unspecified atom stereocenters. The summed E-state index contributed by atoms with van der Waals surface area (Å²) >= 11 is 0. The van der Waals surface area contributed by atoms with Gasteiger partial charge in [0.05, 0.1) is 19.7 Å². The number of carbonyl (C=O) groups excluding carboxylic acids is 2. The first kappa shape index (κ1) is 18.1. The highest BCUT2D eigenvalue weighted by Gasteiger charge is 2.08. The summed E-state index contributed by atoms with van der Waals surface area (Å²) in [6, 6.07) is 4.08. The van der Waals surface area contributed by atoms with Crippen LogP contribution in [0.4, 0.5) is 10.1 Å². The van der Waals surface area contributed by atoms with E-state index in [4.69, 9.17) is 10.5 Å². The van der Waals surface area contributed by atoms with Gasteiger partial charge in [-0.3, -0.25) is 9.59 Å². The number of ether oxygens (including phenoxy) is 1. The Morgan fingerprint density at radius 1 is 1.35 bits per heavy atom. The van der Waals surface area contributed by atoms with Gasteiger partial charge in [0.15, 0.2) is 11.6 Å². The number of benzene rings is 1. The summed E-state index contributed by atoms with van der Waals surface area (Å²) in [5, 5.41) is 4.75. The summed E-state index contributed by atoms with van der Waals surface area (Å²) in [5.41, 5.74) is 5.35. The number of amides is 2. The second-order valence-electron chi connectivity index (χ2n) is 3.61. The molecule has 0 aliphatic carbocycles. The maximum atomic E-state index is 13.5. The largest absolute Gasteiger partial charge is 0.491 e. The molecule has 0 atom stereocenters. The molecular formula is C12H17ClFN3O3. The van der Waals surface area contributed by atoms with Crippen LogP contribution >= 0.6 is 12.4 Å². The zero-order valence-corrected chi connectivity index (χ0v) is 11.8. The number of carbonyl (C=O) groups is 2. The number of halogens is 2. The van der Waals surface area contributed by atoms with Gasteiger partial charge in [-0.15, -0.1) is 12.4 Å². The Hall–Kier alpha value is -1.86. The molecule has 112 valence electrons. The highest BCUT2D eigenvalue weighted by molar-refractivity contribution is 5.94. The van der Waals surface area contributed by atoms with Crippen LogP contribution in [-0.2, 0) is 9.59 Å². The van der Waals surface area contributed by atoms with Crippen LogP contribution in [0.15, 0.2) is 18.2 Å². The van der Waals surface area contributed by atoms with E-state index in [0.29, 0.717) is 6.61 Å². The summed E-state index contributed by atoms with van der Waals surface area (Å²) in [7, 11) is 0. The third kappa shape index (κ3) is 5.85. The van der Waals surface area contributed by atoms with Gasteiger partial charge in [-0.05, 0) is 19.1 Å². The SMILES string of the molecule is CCOc1ccc(NC(=O)CNC(=O)CN)cc1F.Cl. The Morgan fingerprint density at radius 2 is 2.05 bits per heavy atom. The maximum absolute atomic E-state index is 13.5. The normalized spacial score (nSPS) is 9.35. The minimum Gasteiger partial charge on any atom is -0.491 e. The molecule has 0 saturated carbocycles. The Kier molecular flexibility index (Phi) is 8.26. The molecule has 2 amide bonds. The van der Waals surface area contributed by atoms with Crippen LogP contribution in [-0.4, -0.2) is 31.5 Å². The lowest BCUT2D eigenvalue weighted by molar-refractivity contribution is -0.123. The predicted octanol–water partition coefficient (Wildman–Crippen LogP) is 0.660. The number of anilines is 1. The van der Waals surface area contributed by atoms with Crippen LogP contribution < -0.4 is 21.1 Å². The summed E-state index contributed by atoms with van der Waals surface area (Å²) in [6.07, 6.45) is 0. The third-order valence-electron chi connectivity index (χ3n) is 2.15. The van der Waals surface area contributed by atoms with Gasteiger partial charge in [-0.1, -0.05) is 0 Å². The molecule has 0 bridgehead atoms. The molecule has 0 spiro atoms. The molecule has 1 rings (SSSR count). The first-order chi connectivity index (χ1) is 9.06. The molecule has 0 aromatic heterocycles. The van der Waals surface area contributed by atoms with Crippen molar-refractivity contribution < 1.29 is 18.7 Å². The molecule has 6 nitrogen and oxygen atoms in total. The Labute approximate surface area is 122 Å². The molecule has 0 radical (unpaired) electrons. The van der Waals surface area contributed by atoms with Gasteiger partial charge in [-0.25, -0.2) is 4.39 Å². The van der Waals surface area contributed by atoms with Crippen molar-refractivity contribution in [2.24, 2.45) is 5.73 Å². The van der Waals surface area contributed by atoms with E-state index in [-0.39, 0.29) is 36.9 Å². The zero-order valence-electron chi connectivity index (χ0n) is 10.9. The van der Waals surface area contributed by atoms with Gasteiger partial charge < -0.3 is 21.1 Å². The predicted molar refractivity (Wildman–Crippen MR) is 75.5 cm³/mol. The van der Waals surface area contributed by atoms with Crippen molar-refractivity contribution in [3.05, 3.63) is 24.0 Å². The van der Waals surface area contributed by atoms with Crippen molar-refractivity contribution >= 4 is 29.9 Å². The van der Waals surface area contributed by atoms with Gasteiger partial charge in [0.25, 0.3) is 0 Å². The number of nitrogens with one attached hydrogen (secondary N) is 2. The highest BCUT2D eigenvalue weighted by atomic mass is 35.5. The molecule has 0 fully saturated rings. The number of nitrogens with two attached hydrogens (primary N) is 1. The van der Waals surface area contributed by atoms with Gasteiger partial charge in [-0.2, -0.15) is 0 Å². The fraction of sp³-hybridized carbons (Fsp3) is 0.333. The van der Waals surface area contributed by atoms with Crippen LogP contribution in [0, 0.1) is 5.82 Å². The summed E-state index contributed by atoms with van der Waals surface area (Å²) in [4.78, 5) is 22.3. The average Bonchev–Trinajstić information content (AvgIpc) is 2.39. The van der Waals surface area contributed by atoms with Crippen molar-refractivity contribution in [2.45, 2.75) is 6.92 Å². The van der Waals surface area contributed by atoms with Crippen LogP contribution in [0.3, 0.4) is 0 Å². The topological polar surface area (TPSA) is 93.5 Å². The van der Waals surface area contributed by atoms with Crippen LogP contribution in [0.2, 0.25) is 0 Å². The van der Waals surface area contributed by atoms with Crippen molar-refractivity contribution in [3.8, 4) is 5.75 Å². The van der Waals surface area contributed by atoms with Gasteiger partial charge >= 0.3 is 0 Å². The lowest BCUT2D eigenvalue weighted by Crippen LogP contribution is -2.36. The van der Waals surface area contributed by atoms with Crippen LogP contribution in [0.1, 0.15) is 6.92 Å². The van der Waals surface area contributed by atoms with Crippen LogP contribution in [0.5, 0.6) is 5.75 Å². The fourth-order valence-electron chi connectivity index (χ4n) is 1.31. The maximum Gasteiger partial charge on any atom is 0.243 e. The molecule has 1 aromatic carbocycles. The molecule has 0 heterocycles.